The van der Waals surface area contributed by atoms with Gasteiger partial charge in [-0.05, 0) is 46.2 Å². The van der Waals surface area contributed by atoms with Crippen LogP contribution in [0.3, 0.4) is 0 Å². The Morgan fingerprint density at radius 1 is 1.33 bits per heavy atom. The molecule has 2 rings (SSSR count). The monoisotopic (exact) mass is 331 g/mol. The Kier molecular flexibility index (Phi) is 3.96. The molecule has 2 heterocycles. The van der Waals surface area contributed by atoms with Crippen molar-refractivity contribution in [2.24, 2.45) is 0 Å². The van der Waals surface area contributed by atoms with Crippen molar-refractivity contribution in [3.8, 4) is 5.75 Å². The Morgan fingerprint density at radius 2 is 2.27 bits per heavy atom. The lowest BCUT2D eigenvalue weighted by Crippen LogP contribution is -2.01. The Labute approximate surface area is 106 Å². The molecule has 0 amide bonds. The molecular formula is C11H10INOS. The Balaban J connectivity index is 1.86. The number of pyridine rings is 1. The van der Waals surface area contributed by atoms with Crippen molar-refractivity contribution in [1.29, 1.82) is 0 Å². The third-order valence-electron chi connectivity index (χ3n) is 1.91. The van der Waals surface area contributed by atoms with Gasteiger partial charge in [0.15, 0.2) is 5.75 Å². The molecule has 0 saturated heterocycles. The SMILES string of the molecule is Ic1ncccc1OCCc1cccs1. The highest BCUT2D eigenvalue weighted by Crippen LogP contribution is 2.17. The summed E-state index contributed by atoms with van der Waals surface area (Å²) >= 11 is 3.94. The lowest BCUT2D eigenvalue weighted by atomic mass is 10.3. The van der Waals surface area contributed by atoms with Crippen LogP contribution in [0.25, 0.3) is 0 Å². The minimum Gasteiger partial charge on any atom is -0.490 e. The number of rotatable bonds is 4. The van der Waals surface area contributed by atoms with Gasteiger partial charge in [0, 0.05) is 17.5 Å². The van der Waals surface area contributed by atoms with E-state index in [9.17, 15) is 0 Å². The van der Waals surface area contributed by atoms with Crippen molar-refractivity contribution in [3.63, 3.8) is 0 Å². The molecule has 0 radical (unpaired) electrons. The van der Waals surface area contributed by atoms with Gasteiger partial charge in [0.25, 0.3) is 0 Å². The van der Waals surface area contributed by atoms with E-state index < -0.39 is 0 Å². The Hall–Kier alpha value is -0.620. The maximum absolute atomic E-state index is 5.65. The van der Waals surface area contributed by atoms with Crippen LogP contribution < -0.4 is 4.74 Å². The van der Waals surface area contributed by atoms with E-state index in [1.54, 1.807) is 17.5 Å². The minimum atomic E-state index is 0.711. The summed E-state index contributed by atoms with van der Waals surface area (Å²) in [5, 5.41) is 2.09. The molecule has 0 bridgehead atoms. The van der Waals surface area contributed by atoms with E-state index in [0.717, 1.165) is 15.9 Å². The number of hydrogen-bond donors (Lipinski definition) is 0. The van der Waals surface area contributed by atoms with Crippen molar-refractivity contribution in [1.82, 2.24) is 4.98 Å². The summed E-state index contributed by atoms with van der Waals surface area (Å²) in [6.07, 6.45) is 2.73. The highest BCUT2D eigenvalue weighted by molar-refractivity contribution is 14.1. The third kappa shape index (κ3) is 3.17. The van der Waals surface area contributed by atoms with E-state index in [1.807, 2.05) is 12.1 Å². The predicted molar refractivity (Wildman–Crippen MR) is 70.5 cm³/mol. The second-order valence-corrected chi connectivity index (χ2v) is 5.02. The Bertz CT molecular complexity index is 416. The number of thiophene rings is 1. The fourth-order valence-electron chi connectivity index (χ4n) is 1.20. The van der Waals surface area contributed by atoms with Gasteiger partial charge in [-0.3, -0.25) is 0 Å². The number of ether oxygens (including phenoxy) is 1. The van der Waals surface area contributed by atoms with Gasteiger partial charge in [-0.1, -0.05) is 6.07 Å². The van der Waals surface area contributed by atoms with Gasteiger partial charge in [-0.2, -0.15) is 0 Å². The summed E-state index contributed by atoms with van der Waals surface area (Å²) in [6, 6.07) is 8.03. The fourth-order valence-corrected chi connectivity index (χ4v) is 2.38. The maximum Gasteiger partial charge on any atom is 0.151 e. The van der Waals surface area contributed by atoms with Crippen LogP contribution in [0.4, 0.5) is 0 Å². The van der Waals surface area contributed by atoms with E-state index in [1.165, 1.54) is 4.88 Å². The van der Waals surface area contributed by atoms with Crippen LogP contribution in [-0.2, 0) is 6.42 Å². The summed E-state index contributed by atoms with van der Waals surface area (Å²) in [4.78, 5) is 5.51. The second kappa shape index (κ2) is 5.46. The number of aromatic nitrogens is 1. The number of halogens is 1. The standard InChI is InChI=1S/C11H10INOS/c12-11-10(4-1-6-13-11)14-7-5-9-3-2-8-15-9/h1-4,6,8H,5,7H2. The zero-order valence-corrected chi connectivity index (χ0v) is 11.0. The topological polar surface area (TPSA) is 22.1 Å². The first-order chi connectivity index (χ1) is 7.36. The summed E-state index contributed by atoms with van der Waals surface area (Å²) in [7, 11) is 0. The molecule has 0 spiro atoms. The first kappa shape index (κ1) is 10.9. The molecule has 0 fully saturated rings. The molecule has 0 unspecified atom stereocenters. The highest BCUT2D eigenvalue weighted by Gasteiger charge is 2.00. The first-order valence-corrected chi connectivity index (χ1v) is 6.58. The molecule has 78 valence electrons. The number of nitrogens with zero attached hydrogens (tertiary/aromatic N) is 1. The van der Waals surface area contributed by atoms with Crippen molar-refractivity contribution >= 4 is 33.9 Å². The normalized spacial score (nSPS) is 10.2. The van der Waals surface area contributed by atoms with Crippen molar-refractivity contribution < 1.29 is 4.74 Å². The van der Waals surface area contributed by atoms with Crippen LogP contribution in [0.5, 0.6) is 5.75 Å². The average Bonchev–Trinajstić information content (AvgIpc) is 2.74. The van der Waals surface area contributed by atoms with E-state index in [4.69, 9.17) is 4.74 Å². The van der Waals surface area contributed by atoms with Crippen molar-refractivity contribution in [2.75, 3.05) is 6.61 Å². The molecular weight excluding hydrogens is 321 g/mol. The molecule has 2 aromatic rings. The lowest BCUT2D eigenvalue weighted by Gasteiger charge is -2.05. The smallest absolute Gasteiger partial charge is 0.151 e. The van der Waals surface area contributed by atoms with Gasteiger partial charge in [0.1, 0.15) is 3.70 Å². The summed E-state index contributed by atoms with van der Waals surface area (Å²) < 4.78 is 6.56. The molecule has 0 aliphatic rings. The van der Waals surface area contributed by atoms with Gasteiger partial charge < -0.3 is 4.74 Å². The average molecular weight is 331 g/mol. The molecule has 0 atom stereocenters. The molecule has 4 heteroatoms. The summed E-state index contributed by atoms with van der Waals surface area (Å²) in [5.74, 6) is 0.870. The zero-order valence-electron chi connectivity index (χ0n) is 8.02. The molecule has 2 aromatic heterocycles. The van der Waals surface area contributed by atoms with Crippen molar-refractivity contribution in [3.05, 3.63) is 44.4 Å². The second-order valence-electron chi connectivity index (χ2n) is 2.97. The lowest BCUT2D eigenvalue weighted by molar-refractivity contribution is 0.319. The molecule has 0 N–H and O–H groups in total. The molecule has 0 aliphatic carbocycles. The largest absolute Gasteiger partial charge is 0.490 e. The van der Waals surface area contributed by atoms with Crippen LogP contribution in [-0.4, -0.2) is 11.6 Å². The zero-order chi connectivity index (χ0) is 10.5. The van der Waals surface area contributed by atoms with Crippen LogP contribution in [0, 0.1) is 3.70 Å². The van der Waals surface area contributed by atoms with Crippen LogP contribution in [0.1, 0.15) is 4.88 Å². The molecule has 15 heavy (non-hydrogen) atoms. The summed E-state index contributed by atoms with van der Waals surface area (Å²) in [5.41, 5.74) is 0. The van der Waals surface area contributed by atoms with E-state index in [-0.39, 0.29) is 0 Å². The minimum absolute atomic E-state index is 0.711. The van der Waals surface area contributed by atoms with Crippen molar-refractivity contribution in [2.45, 2.75) is 6.42 Å². The number of hydrogen-bond acceptors (Lipinski definition) is 3. The molecule has 0 aromatic carbocycles. The van der Waals surface area contributed by atoms with Gasteiger partial charge in [0.2, 0.25) is 0 Å². The first-order valence-electron chi connectivity index (χ1n) is 4.62. The van der Waals surface area contributed by atoms with E-state index in [0.29, 0.717) is 6.61 Å². The third-order valence-corrected chi connectivity index (χ3v) is 3.66. The van der Waals surface area contributed by atoms with Crippen LogP contribution in [0.2, 0.25) is 0 Å². The van der Waals surface area contributed by atoms with E-state index >= 15 is 0 Å². The van der Waals surface area contributed by atoms with Gasteiger partial charge in [0.05, 0.1) is 6.61 Å². The summed E-state index contributed by atoms with van der Waals surface area (Å²) in [6.45, 7) is 0.711. The molecule has 0 saturated carbocycles. The quantitative estimate of drug-likeness (QED) is 0.633. The van der Waals surface area contributed by atoms with Crippen LogP contribution in [0.15, 0.2) is 35.8 Å². The van der Waals surface area contributed by atoms with Crippen LogP contribution >= 0.6 is 33.9 Å². The fraction of sp³-hybridized carbons (Fsp3) is 0.182. The Morgan fingerprint density at radius 3 is 3.00 bits per heavy atom. The van der Waals surface area contributed by atoms with E-state index in [2.05, 4.69) is 45.1 Å². The molecule has 0 aliphatic heterocycles. The molecule has 2 nitrogen and oxygen atoms in total. The maximum atomic E-state index is 5.65. The highest BCUT2D eigenvalue weighted by atomic mass is 127. The van der Waals surface area contributed by atoms with Gasteiger partial charge in [-0.25, -0.2) is 4.98 Å². The predicted octanol–water partition coefficient (Wildman–Crippen LogP) is 3.37. The van der Waals surface area contributed by atoms with Gasteiger partial charge >= 0.3 is 0 Å². The van der Waals surface area contributed by atoms with Gasteiger partial charge in [-0.15, -0.1) is 11.3 Å².